The molecule has 0 unspecified atom stereocenters. The second kappa shape index (κ2) is 3.69. The topological polar surface area (TPSA) is 91.7 Å². The van der Waals surface area contributed by atoms with E-state index in [9.17, 15) is 14.4 Å². The minimum atomic E-state index is -1.36. The highest BCUT2D eigenvalue weighted by molar-refractivity contribution is 6.00. The fraction of sp³-hybridized carbons (Fsp3) is 0. The molecule has 0 saturated heterocycles. The van der Waals surface area contributed by atoms with Crippen LogP contribution in [0.15, 0.2) is 18.2 Å². The van der Waals surface area contributed by atoms with Crippen LogP contribution in [0.3, 0.4) is 0 Å². The van der Waals surface area contributed by atoms with Gasteiger partial charge in [0.1, 0.15) is 0 Å². The molecule has 1 aromatic carbocycles. The number of carbonyl (C=O) groups is 2. The maximum absolute atomic E-state index is 10.6. The molecule has 1 rings (SSSR count). The predicted octanol–water partition coefficient (Wildman–Crippen LogP) is 0.541. The maximum atomic E-state index is 10.6. The van der Waals surface area contributed by atoms with E-state index in [0.29, 0.717) is 0 Å². The molecule has 0 saturated carbocycles. The molecule has 0 aromatic heterocycles. The number of hydrogen-bond acceptors (Lipinski definition) is 3. The molecule has 0 atom stereocenters. The smallest absolute Gasteiger partial charge is 0.336 e. The fourth-order valence-corrected chi connectivity index (χ4v) is 0.943. The highest BCUT2D eigenvalue weighted by Crippen LogP contribution is 2.10. The van der Waals surface area contributed by atoms with Gasteiger partial charge in [0, 0.05) is 5.56 Å². The molecule has 5 heteroatoms. The molecular formula is C9H5O5. The quantitative estimate of drug-likeness (QED) is 0.730. The monoisotopic (exact) mass is 193 g/mol. The van der Waals surface area contributed by atoms with Gasteiger partial charge in [-0.05, 0) is 18.2 Å². The first-order valence-electron chi connectivity index (χ1n) is 3.55. The molecule has 0 fully saturated rings. The SMILES string of the molecule is O=[C]c1ccc(C(=O)O)cc1C(=O)O. The minimum absolute atomic E-state index is 0.164. The standard InChI is InChI=1S/C9H5O5/c10-4-6-2-1-5(8(11)12)3-7(6)9(13)14/h1-3H,(H,11,12)(H,13,14). The van der Waals surface area contributed by atoms with E-state index in [2.05, 4.69) is 0 Å². The lowest BCUT2D eigenvalue weighted by atomic mass is 10.1. The Morgan fingerprint density at radius 1 is 1.14 bits per heavy atom. The summed E-state index contributed by atoms with van der Waals surface area (Å²) in [5, 5.41) is 17.2. The van der Waals surface area contributed by atoms with Crippen LogP contribution in [-0.4, -0.2) is 28.4 Å². The van der Waals surface area contributed by atoms with Crippen LogP contribution in [0.1, 0.15) is 26.3 Å². The van der Waals surface area contributed by atoms with Crippen LogP contribution in [0.4, 0.5) is 0 Å². The summed E-state index contributed by atoms with van der Waals surface area (Å²) in [7, 11) is 0. The second-order valence-corrected chi connectivity index (χ2v) is 2.47. The van der Waals surface area contributed by atoms with E-state index in [1.165, 1.54) is 6.29 Å². The summed E-state index contributed by atoms with van der Waals surface area (Å²) in [5.74, 6) is -2.60. The highest BCUT2D eigenvalue weighted by Gasteiger charge is 2.13. The average molecular weight is 193 g/mol. The van der Waals surface area contributed by atoms with E-state index in [0.717, 1.165) is 18.2 Å². The van der Waals surface area contributed by atoms with E-state index in [4.69, 9.17) is 10.2 Å². The molecule has 0 aliphatic rings. The molecule has 0 spiro atoms. The molecule has 0 bridgehead atoms. The first-order valence-corrected chi connectivity index (χ1v) is 3.55. The Bertz CT molecular complexity index is 408. The fourth-order valence-electron chi connectivity index (χ4n) is 0.943. The summed E-state index contributed by atoms with van der Waals surface area (Å²) in [6.07, 6.45) is 1.42. The Kier molecular flexibility index (Phi) is 2.62. The van der Waals surface area contributed by atoms with Gasteiger partial charge in [0.15, 0.2) is 0 Å². The van der Waals surface area contributed by atoms with E-state index in [1.807, 2.05) is 0 Å². The molecule has 0 aliphatic carbocycles. The molecule has 0 aliphatic heterocycles. The summed E-state index contributed by atoms with van der Waals surface area (Å²) >= 11 is 0. The van der Waals surface area contributed by atoms with Gasteiger partial charge < -0.3 is 10.2 Å². The number of carbonyl (C=O) groups excluding carboxylic acids is 1. The summed E-state index contributed by atoms with van der Waals surface area (Å²) in [6.45, 7) is 0. The van der Waals surface area contributed by atoms with E-state index in [-0.39, 0.29) is 16.7 Å². The first kappa shape index (κ1) is 9.91. The number of benzene rings is 1. The zero-order valence-electron chi connectivity index (χ0n) is 6.85. The molecule has 0 amide bonds. The normalized spacial score (nSPS) is 9.43. The third-order valence-corrected chi connectivity index (χ3v) is 1.61. The molecule has 5 nitrogen and oxygen atoms in total. The molecule has 1 aromatic rings. The average Bonchev–Trinajstić information content (AvgIpc) is 2.16. The lowest BCUT2D eigenvalue weighted by molar-refractivity contribution is 0.0695. The Morgan fingerprint density at radius 3 is 2.21 bits per heavy atom. The zero-order chi connectivity index (χ0) is 10.7. The molecular weight excluding hydrogens is 188 g/mol. The molecule has 71 valence electrons. The van der Waals surface area contributed by atoms with Crippen molar-refractivity contribution in [3.63, 3.8) is 0 Å². The van der Waals surface area contributed by atoms with Crippen molar-refractivity contribution in [2.45, 2.75) is 0 Å². The summed E-state index contributed by atoms with van der Waals surface area (Å²) in [4.78, 5) is 31.3. The van der Waals surface area contributed by atoms with Crippen LogP contribution >= 0.6 is 0 Å². The van der Waals surface area contributed by atoms with Gasteiger partial charge in [0.05, 0.1) is 11.1 Å². The number of hydrogen-bond donors (Lipinski definition) is 2. The van der Waals surface area contributed by atoms with Crippen LogP contribution in [0.5, 0.6) is 0 Å². The third-order valence-electron chi connectivity index (χ3n) is 1.61. The Morgan fingerprint density at radius 2 is 1.79 bits per heavy atom. The number of carboxylic acids is 2. The van der Waals surface area contributed by atoms with Gasteiger partial charge in [-0.15, -0.1) is 0 Å². The van der Waals surface area contributed by atoms with Crippen molar-refractivity contribution < 1.29 is 24.6 Å². The minimum Gasteiger partial charge on any atom is -0.478 e. The lowest BCUT2D eigenvalue weighted by Gasteiger charge is -1.99. The molecule has 14 heavy (non-hydrogen) atoms. The largest absolute Gasteiger partial charge is 0.478 e. The summed E-state index contributed by atoms with van der Waals surface area (Å²) in [6, 6.07) is 3.18. The summed E-state index contributed by atoms with van der Waals surface area (Å²) < 4.78 is 0. The molecule has 2 N–H and O–H groups in total. The van der Waals surface area contributed by atoms with Crippen molar-refractivity contribution in [2.24, 2.45) is 0 Å². The van der Waals surface area contributed by atoms with Crippen LogP contribution in [-0.2, 0) is 4.79 Å². The Labute approximate surface area is 78.6 Å². The first-order chi connectivity index (χ1) is 6.56. The highest BCUT2D eigenvalue weighted by atomic mass is 16.4. The Balaban J connectivity index is 3.34. The Hall–Kier alpha value is -2.17. The third kappa shape index (κ3) is 1.77. The number of aromatic carboxylic acids is 2. The lowest BCUT2D eigenvalue weighted by Crippen LogP contribution is -2.05. The van der Waals surface area contributed by atoms with Gasteiger partial charge in [0.2, 0.25) is 6.29 Å². The molecule has 0 heterocycles. The van der Waals surface area contributed by atoms with Gasteiger partial charge in [-0.3, -0.25) is 4.79 Å². The second-order valence-electron chi connectivity index (χ2n) is 2.47. The number of carboxylic acid groups (broad SMARTS) is 2. The zero-order valence-corrected chi connectivity index (χ0v) is 6.85. The van der Waals surface area contributed by atoms with Crippen molar-refractivity contribution in [2.75, 3.05) is 0 Å². The van der Waals surface area contributed by atoms with Crippen LogP contribution in [0.25, 0.3) is 0 Å². The van der Waals surface area contributed by atoms with Crippen LogP contribution < -0.4 is 0 Å². The van der Waals surface area contributed by atoms with Crippen molar-refractivity contribution in [1.82, 2.24) is 0 Å². The van der Waals surface area contributed by atoms with Crippen molar-refractivity contribution in [1.29, 1.82) is 0 Å². The van der Waals surface area contributed by atoms with Crippen LogP contribution in [0, 0.1) is 0 Å². The maximum Gasteiger partial charge on any atom is 0.336 e. The van der Waals surface area contributed by atoms with Gasteiger partial charge >= 0.3 is 11.9 Å². The molecule has 1 radical (unpaired) electrons. The van der Waals surface area contributed by atoms with E-state index >= 15 is 0 Å². The van der Waals surface area contributed by atoms with Gasteiger partial charge in [-0.1, -0.05) is 0 Å². The van der Waals surface area contributed by atoms with Crippen molar-refractivity contribution in [3.8, 4) is 0 Å². The predicted molar refractivity (Wildman–Crippen MR) is 45.2 cm³/mol. The van der Waals surface area contributed by atoms with E-state index in [1.54, 1.807) is 0 Å². The van der Waals surface area contributed by atoms with E-state index < -0.39 is 11.9 Å². The van der Waals surface area contributed by atoms with Crippen molar-refractivity contribution >= 4 is 18.2 Å². The number of rotatable bonds is 3. The van der Waals surface area contributed by atoms with Gasteiger partial charge in [-0.2, -0.15) is 0 Å². The summed E-state index contributed by atoms with van der Waals surface area (Å²) in [5.41, 5.74) is -0.705. The van der Waals surface area contributed by atoms with Crippen LogP contribution in [0.2, 0.25) is 0 Å². The van der Waals surface area contributed by atoms with Gasteiger partial charge in [0.25, 0.3) is 0 Å². The van der Waals surface area contributed by atoms with Crippen molar-refractivity contribution in [3.05, 3.63) is 34.9 Å². The van der Waals surface area contributed by atoms with Gasteiger partial charge in [-0.25, -0.2) is 9.59 Å².